The Bertz CT molecular complexity index is 342. The van der Waals surface area contributed by atoms with E-state index < -0.39 is 6.10 Å². The molecule has 1 unspecified atom stereocenters. The highest BCUT2D eigenvalue weighted by atomic mass is 32.1. The molecule has 0 aliphatic carbocycles. The number of rotatable bonds is 6. The predicted molar refractivity (Wildman–Crippen MR) is 60.2 cm³/mol. The van der Waals surface area contributed by atoms with Crippen LogP contribution < -0.4 is 11.1 Å². The highest BCUT2D eigenvalue weighted by Gasteiger charge is 2.11. The summed E-state index contributed by atoms with van der Waals surface area (Å²) in [5, 5.41) is 14.2. The van der Waals surface area contributed by atoms with Crippen LogP contribution in [0, 0.1) is 0 Å². The van der Waals surface area contributed by atoms with Gasteiger partial charge in [0.15, 0.2) is 0 Å². The summed E-state index contributed by atoms with van der Waals surface area (Å²) in [5.41, 5.74) is 5.71. The summed E-state index contributed by atoms with van der Waals surface area (Å²) in [5.74, 6) is -0.314. The number of carbonyl (C=O) groups is 1. The molecule has 1 aromatic rings. The molecule has 0 bridgehead atoms. The topological polar surface area (TPSA) is 97.5 Å². The normalized spacial score (nSPS) is 12.4. The van der Waals surface area contributed by atoms with Crippen LogP contribution in [0.25, 0.3) is 0 Å². The Morgan fingerprint density at radius 3 is 3.12 bits per heavy atom. The quantitative estimate of drug-likeness (QED) is 0.618. The molecule has 16 heavy (non-hydrogen) atoms. The predicted octanol–water partition coefficient (Wildman–Crippen LogP) is -0.661. The van der Waals surface area contributed by atoms with Crippen molar-refractivity contribution in [2.75, 3.05) is 20.3 Å². The zero-order valence-corrected chi connectivity index (χ0v) is 9.79. The summed E-state index contributed by atoms with van der Waals surface area (Å²) >= 11 is 1.34. The number of hydrogen-bond acceptors (Lipinski definition) is 6. The molecule has 0 saturated heterocycles. The van der Waals surface area contributed by atoms with Crippen LogP contribution in [0.1, 0.15) is 15.5 Å². The fourth-order valence-electron chi connectivity index (χ4n) is 1.06. The fraction of sp³-hybridized carbons (Fsp3) is 0.556. The van der Waals surface area contributed by atoms with Gasteiger partial charge in [-0.3, -0.25) is 4.79 Å². The molecule has 1 heterocycles. The lowest BCUT2D eigenvalue weighted by Gasteiger charge is -2.09. The maximum Gasteiger partial charge on any atom is 0.270 e. The van der Waals surface area contributed by atoms with E-state index in [0.29, 0.717) is 17.2 Å². The van der Waals surface area contributed by atoms with E-state index >= 15 is 0 Å². The van der Waals surface area contributed by atoms with Crippen LogP contribution in [-0.2, 0) is 11.3 Å². The van der Waals surface area contributed by atoms with E-state index in [0.717, 1.165) is 0 Å². The van der Waals surface area contributed by atoms with E-state index in [1.54, 1.807) is 5.38 Å². The lowest BCUT2D eigenvalue weighted by Crippen LogP contribution is -2.34. The van der Waals surface area contributed by atoms with E-state index in [1.807, 2.05) is 0 Å². The van der Waals surface area contributed by atoms with Gasteiger partial charge >= 0.3 is 0 Å². The van der Waals surface area contributed by atoms with E-state index in [-0.39, 0.29) is 19.1 Å². The number of hydrogen-bond donors (Lipinski definition) is 3. The maximum absolute atomic E-state index is 11.5. The molecule has 1 aromatic heterocycles. The van der Waals surface area contributed by atoms with Gasteiger partial charge in [0, 0.05) is 25.6 Å². The number of amides is 1. The minimum atomic E-state index is -0.707. The molecule has 0 fully saturated rings. The standard InChI is InChI=1S/C9H15N3O3S/c1-15-4-6(13)3-11-9(14)7-5-16-8(2-10)12-7/h5-6,13H,2-4,10H2,1H3,(H,11,14). The summed E-state index contributed by atoms with van der Waals surface area (Å²) < 4.78 is 4.73. The van der Waals surface area contributed by atoms with Crippen LogP contribution >= 0.6 is 11.3 Å². The smallest absolute Gasteiger partial charge is 0.270 e. The molecule has 0 saturated carbocycles. The average molecular weight is 245 g/mol. The molecule has 0 spiro atoms. The number of aromatic nitrogens is 1. The first-order valence-corrected chi connectivity index (χ1v) is 5.65. The van der Waals surface area contributed by atoms with E-state index in [9.17, 15) is 9.90 Å². The van der Waals surface area contributed by atoms with Gasteiger partial charge in [-0.1, -0.05) is 0 Å². The molecule has 1 amide bonds. The zero-order valence-electron chi connectivity index (χ0n) is 8.97. The Balaban J connectivity index is 2.40. The Morgan fingerprint density at radius 1 is 1.81 bits per heavy atom. The average Bonchev–Trinajstić information content (AvgIpc) is 2.75. The number of carbonyl (C=O) groups excluding carboxylic acids is 1. The minimum absolute atomic E-state index is 0.141. The molecule has 90 valence electrons. The first kappa shape index (κ1) is 13.0. The minimum Gasteiger partial charge on any atom is -0.389 e. The molecule has 0 aromatic carbocycles. The number of nitrogens with one attached hydrogen (secondary N) is 1. The van der Waals surface area contributed by atoms with E-state index in [4.69, 9.17) is 10.5 Å². The maximum atomic E-state index is 11.5. The lowest BCUT2D eigenvalue weighted by atomic mass is 10.3. The molecule has 1 atom stereocenters. The van der Waals surface area contributed by atoms with Gasteiger partial charge < -0.3 is 20.9 Å². The van der Waals surface area contributed by atoms with Gasteiger partial charge in [0.2, 0.25) is 0 Å². The van der Waals surface area contributed by atoms with Crippen molar-refractivity contribution in [2.24, 2.45) is 5.73 Å². The van der Waals surface area contributed by atoms with Crippen molar-refractivity contribution in [2.45, 2.75) is 12.6 Å². The van der Waals surface area contributed by atoms with Gasteiger partial charge in [-0.05, 0) is 0 Å². The third-order valence-electron chi connectivity index (χ3n) is 1.82. The van der Waals surface area contributed by atoms with Gasteiger partial charge in [0.05, 0.1) is 12.7 Å². The highest BCUT2D eigenvalue weighted by molar-refractivity contribution is 7.09. The van der Waals surface area contributed by atoms with Crippen LogP contribution in [0.5, 0.6) is 0 Å². The van der Waals surface area contributed by atoms with Crippen LogP contribution in [-0.4, -0.2) is 42.4 Å². The van der Waals surface area contributed by atoms with Crippen molar-refractivity contribution in [3.8, 4) is 0 Å². The van der Waals surface area contributed by atoms with E-state index in [2.05, 4.69) is 10.3 Å². The van der Waals surface area contributed by atoms with Gasteiger partial charge in [-0.15, -0.1) is 11.3 Å². The molecular formula is C9H15N3O3S. The lowest BCUT2D eigenvalue weighted by molar-refractivity contribution is 0.0609. The Hall–Kier alpha value is -1.02. The highest BCUT2D eigenvalue weighted by Crippen LogP contribution is 2.08. The Kier molecular flexibility index (Phi) is 5.33. The molecule has 1 rings (SSSR count). The van der Waals surface area contributed by atoms with Crippen molar-refractivity contribution in [3.63, 3.8) is 0 Å². The first-order valence-electron chi connectivity index (χ1n) is 4.77. The van der Waals surface area contributed by atoms with Crippen molar-refractivity contribution < 1.29 is 14.6 Å². The second-order valence-corrected chi connectivity index (χ2v) is 4.09. The number of nitrogens with zero attached hydrogens (tertiary/aromatic N) is 1. The van der Waals surface area contributed by atoms with Crippen molar-refractivity contribution in [3.05, 3.63) is 16.1 Å². The molecular weight excluding hydrogens is 230 g/mol. The summed E-state index contributed by atoms with van der Waals surface area (Å²) in [6.45, 7) is 0.651. The molecule has 0 aliphatic heterocycles. The number of nitrogens with two attached hydrogens (primary N) is 1. The van der Waals surface area contributed by atoms with Gasteiger partial charge in [0.25, 0.3) is 5.91 Å². The molecule has 0 radical (unpaired) electrons. The molecule has 4 N–H and O–H groups in total. The first-order chi connectivity index (χ1) is 7.67. The SMILES string of the molecule is COCC(O)CNC(=O)c1csc(CN)n1. The molecule has 6 nitrogen and oxygen atoms in total. The van der Waals surface area contributed by atoms with Crippen molar-refractivity contribution in [1.82, 2.24) is 10.3 Å². The van der Waals surface area contributed by atoms with Crippen LogP contribution in [0.2, 0.25) is 0 Å². The van der Waals surface area contributed by atoms with Crippen LogP contribution in [0.3, 0.4) is 0 Å². The third kappa shape index (κ3) is 3.86. The van der Waals surface area contributed by atoms with Crippen LogP contribution in [0.15, 0.2) is 5.38 Å². The fourth-order valence-corrected chi connectivity index (χ4v) is 1.72. The van der Waals surface area contributed by atoms with Crippen LogP contribution in [0.4, 0.5) is 0 Å². The van der Waals surface area contributed by atoms with Gasteiger partial charge in [0.1, 0.15) is 10.7 Å². The van der Waals surface area contributed by atoms with Gasteiger partial charge in [-0.25, -0.2) is 4.98 Å². The zero-order chi connectivity index (χ0) is 12.0. The Morgan fingerprint density at radius 2 is 2.56 bits per heavy atom. The van der Waals surface area contributed by atoms with Crippen molar-refractivity contribution >= 4 is 17.2 Å². The summed E-state index contributed by atoms with van der Waals surface area (Å²) in [6, 6.07) is 0. The number of thiazole rings is 1. The monoisotopic (exact) mass is 245 g/mol. The Labute approximate surface area is 97.4 Å². The number of ether oxygens (including phenoxy) is 1. The number of aliphatic hydroxyl groups is 1. The molecule has 7 heteroatoms. The second-order valence-electron chi connectivity index (χ2n) is 3.15. The van der Waals surface area contributed by atoms with Gasteiger partial charge in [-0.2, -0.15) is 0 Å². The van der Waals surface area contributed by atoms with E-state index in [1.165, 1.54) is 18.4 Å². The second kappa shape index (κ2) is 6.54. The molecule has 0 aliphatic rings. The third-order valence-corrected chi connectivity index (χ3v) is 2.69. The summed E-state index contributed by atoms with van der Waals surface area (Å²) in [6.07, 6.45) is -0.707. The van der Waals surface area contributed by atoms with Crippen molar-refractivity contribution in [1.29, 1.82) is 0 Å². The number of aliphatic hydroxyl groups excluding tert-OH is 1. The summed E-state index contributed by atoms with van der Waals surface area (Å²) in [7, 11) is 1.49. The number of methoxy groups -OCH3 is 1. The summed E-state index contributed by atoms with van der Waals surface area (Å²) in [4.78, 5) is 15.5. The largest absolute Gasteiger partial charge is 0.389 e.